The van der Waals surface area contributed by atoms with Gasteiger partial charge >= 0.3 is 0 Å². The Hall–Kier alpha value is -2.68. The minimum atomic E-state index is 0.277. The molecule has 0 unspecified atom stereocenters. The average molecular weight is 277 g/mol. The number of aromatic nitrogens is 1. The highest BCUT2D eigenvalue weighted by Gasteiger charge is 2.13. The summed E-state index contributed by atoms with van der Waals surface area (Å²) in [5, 5.41) is 23.8. The maximum Gasteiger partial charge on any atom is 0.116 e. The molecule has 4 aromatic rings. The van der Waals surface area contributed by atoms with E-state index in [1.165, 1.54) is 0 Å². The van der Waals surface area contributed by atoms with Gasteiger partial charge in [-0.2, -0.15) is 0 Å². The van der Waals surface area contributed by atoms with Gasteiger partial charge in [-0.15, -0.1) is 0 Å². The van der Waals surface area contributed by atoms with Crippen LogP contribution in [0.5, 0.6) is 11.5 Å². The lowest BCUT2D eigenvalue weighted by atomic mass is 10.1. The number of fused-ring (bicyclic) bond motifs is 5. The van der Waals surface area contributed by atoms with E-state index in [1.807, 2.05) is 24.3 Å². The van der Waals surface area contributed by atoms with E-state index in [0.29, 0.717) is 0 Å². The zero-order chi connectivity index (χ0) is 14.6. The largest absolute Gasteiger partial charge is 0.508 e. The number of phenolic OH excluding ortho intramolecular Hbond substituents is 2. The van der Waals surface area contributed by atoms with E-state index in [4.69, 9.17) is 0 Å². The van der Waals surface area contributed by atoms with Crippen LogP contribution in [-0.2, 0) is 6.54 Å². The van der Waals surface area contributed by atoms with Crippen molar-refractivity contribution in [1.82, 2.24) is 4.57 Å². The van der Waals surface area contributed by atoms with Crippen molar-refractivity contribution in [3.05, 3.63) is 48.5 Å². The van der Waals surface area contributed by atoms with Crippen LogP contribution in [0.25, 0.3) is 32.6 Å². The standard InChI is InChI=1S/C18H15NO2/c1-2-19-17-8-5-13(21)10-16(17)15-6-3-11-9-12(20)4-7-14(11)18(15)19/h3-10,20-21H,2H2,1H3. The molecule has 21 heavy (non-hydrogen) atoms. The van der Waals surface area contributed by atoms with Gasteiger partial charge in [-0.3, -0.25) is 0 Å². The van der Waals surface area contributed by atoms with Crippen LogP contribution in [-0.4, -0.2) is 14.8 Å². The van der Waals surface area contributed by atoms with Crippen molar-refractivity contribution in [3.8, 4) is 11.5 Å². The van der Waals surface area contributed by atoms with Crippen LogP contribution in [0.15, 0.2) is 48.5 Å². The van der Waals surface area contributed by atoms with Crippen molar-refractivity contribution < 1.29 is 10.2 Å². The number of benzene rings is 3. The van der Waals surface area contributed by atoms with Crippen LogP contribution in [0.3, 0.4) is 0 Å². The molecule has 3 aromatic carbocycles. The molecule has 0 bridgehead atoms. The highest BCUT2D eigenvalue weighted by Crippen LogP contribution is 2.36. The number of nitrogens with zero attached hydrogens (tertiary/aromatic N) is 1. The summed E-state index contributed by atoms with van der Waals surface area (Å²) in [7, 11) is 0. The smallest absolute Gasteiger partial charge is 0.116 e. The molecular weight excluding hydrogens is 262 g/mol. The van der Waals surface area contributed by atoms with Gasteiger partial charge in [0.05, 0.1) is 5.52 Å². The summed E-state index contributed by atoms with van der Waals surface area (Å²) in [6, 6.07) is 15.0. The summed E-state index contributed by atoms with van der Waals surface area (Å²) in [5.41, 5.74) is 2.27. The quantitative estimate of drug-likeness (QED) is 0.542. The molecule has 0 radical (unpaired) electrons. The molecule has 0 aliphatic heterocycles. The third kappa shape index (κ3) is 1.61. The highest BCUT2D eigenvalue weighted by molar-refractivity contribution is 6.18. The lowest BCUT2D eigenvalue weighted by molar-refractivity contribution is 0.475. The second-order valence-electron chi connectivity index (χ2n) is 5.31. The molecule has 0 saturated heterocycles. The summed E-state index contributed by atoms with van der Waals surface area (Å²) in [4.78, 5) is 0. The van der Waals surface area contributed by atoms with Gasteiger partial charge in [0.2, 0.25) is 0 Å². The molecule has 2 N–H and O–H groups in total. The molecule has 3 heteroatoms. The van der Waals surface area contributed by atoms with Gasteiger partial charge in [0.25, 0.3) is 0 Å². The van der Waals surface area contributed by atoms with Gasteiger partial charge in [-0.05, 0) is 48.7 Å². The third-order valence-electron chi connectivity index (χ3n) is 4.12. The van der Waals surface area contributed by atoms with Crippen molar-refractivity contribution in [1.29, 1.82) is 0 Å². The zero-order valence-electron chi connectivity index (χ0n) is 11.7. The monoisotopic (exact) mass is 277 g/mol. The first kappa shape index (κ1) is 12.1. The fourth-order valence-corrected chi connectivity index (χ4v) is 3.23. The molecule has 3 nitrogen and oxygen atoms in total. The lowest BCUT2D eigenvalue weighted by Crippen LogP contribution is -1.93. The molecule has 4 rings (SSSR count). The maximum absolute atomic E-state index is 9.78. The topological polar surface area (TPSA) is 45.4 Å². The van der Waals surface area contributed by atoms with Gasteiger partial charge in [-0.1, -0.05) is 12.1 Å². The summed E-state index contributed by atoms with van der Waals surface area (Å²) in [6.45, 7) is 2.97. The normalized spacial score (nSPS) is 11.7. The number of aryl methyl sites for hydroxylation is 1. The molecule has 0 fully saturated rings. The van der Waals surface area contributed by atoms with E-state index in [9.17, 15) is 10.2 Å². The number of phenols is 2. The first-order chi connectivity index (χ1) is 10.2. The Morgan fingerprint density at radius 2 is 1.52 bits per heavy atom. The van der Waals surface area contributed by atoms with Gasteiger partial charge in [0.1, 0.15) is 11.5 Å². The Morgan fingerprint density at radius 3 is 2.33 bits per heavy atom. The second-order valence-corrected chi connectivity index (χ2v) is 5.31. The summed E-state index contributed by atoms with van der Waals surface area (Å²) in [6.07, 6.45) is 0. The Kier molecular flexibility index (Phi) is 2.39. The van der Waals surface area contributed by atoms with Crippen LogP contribution < -0.4 is 0 Å². The Labute approximate surface area is 121 Å². The number of hydrogen-bond acceptors (Lipinski definition) is 2. The first-order valence-electron chi connectivity index (χ1n) is 7.05. The van der Waals surface area contributed by atoms with Crippen LogP contribution in [0.4, 0.5) is 0 Å². The van der Waals surface area contributed by atoms with Crippen molar-refractivity contribution in [3.63, 3.8) is 0 Å². The van der Waals surface area contributed by atoms with Crippen molar-refractivity contribution in [2.45, 2.75) is 13.5 Å². The molecule has 0 aliphatic rings. The molecule has 104 valence electrons. The van der Waals surface area contributed by atoms with E-state index in [1.54, 1.807) is 18.2 Å². The fourth-order valence-electron chi connectivity index (χ4n) is 3.23. The molecule has 0 amide bonds. The van der Waals surface area contributed by atoms with Gasteiger partial charge in [0, 0.05) is 28.2 Å². The van der Waals surface area contributed by atoms with Crippen LogP contribution in [0.2, 0.25) is 0 Å². The second kappa shape index (κ2) is 4.16. The number of aromatic hydroxyl groups is 2. The Morgan fingerprint density at radius 1 is 0.810 bits per heavy atom. The molecule has 1 aromatic heterocycles. The van der Waals surface area contributed by atoms with Gasteiger partial charge in [0.15, 0.2) is 0 Å². The number of rotatable bonds is 1. The Bertz CT molecular complexity index is 999. The minimum absolute atomic E-state index is 0.277. The Balaban J connectivity index is 2.30. The molecule has 0 saturated carbocycles. The minimum Gasteiger partial charge on any atom is -0.508 e. The molecular formula is C18H15NO2. The van der Waals surface area contributed by atoms with E-state index < -0.39 is 0 Å². The van der Waals surface area contributed by atoms with E-state index in [0.717, 1.165) is 39.1 Å². The van der Waals surface area contributed by atoms with E-state index in [2.05, 4.69) is 17.6 Å². The molecule has 1 heterocycles. The van der Waals surface area contributed by atoms with Crippen molar-refractivity contribution in [2.75, 3.05) is 0 Å². The lowest BCUT2D eigenvalue weighted by Gasteiger charge is -2.06. The summed E-state index contributed by atoms with van der Waals surface area (Å²) >= 11 is 0. The summed E-state index contributed by atoms with van der Waals surface area (Å²) < 4.78 is 2.25. The maximum atomic E-state index is 9.78. The third-order valence-corrected chi connectivity index (χ3v) is 4.12. The van der Waals surface area contributed by atoms with E-state index >= 15 is 0 Å². The fraction of sp³-hybridized carbons (Fsp3) is 0.111. The predicted molar refractivity (Wildman–Crippen MR) is 86.0 cm³/mol. The average Bonchev–Trinajstić information content (AvgIpc) is 2.80. The highest BCUT2D eigenvalue weighted by atomic mass is 16.3. The van der Waals surface area contributed by atoms with E-state index in [-0.39, 0.29) is 11.5 Å². The summed E-state index contributed by atoms with van der Waals surface area (Å²) in [5.74, 6) is 0.558. The predicted octanol–water partition coefficient (Wildman–Crippen LogP) is 4.38. The molecule has 0 aliphatic carbocycles. The zero-order valence-corrected chi connectivity index (χ0v) is 11.7. The SMILES string of the molecule is CCn1c2ccc(O)cc2c2ccc3cc(O)ccc3c21. The molecule has 0 spiro atoms. The van der Waals surface area contributed by atoms with Crippen molar-refractivity contribution >= 4 is 32.6 Å². The van der Waals surface area contributed by atoms with Gasteiger partial charge in [-0.25, -0.2) is 0 Å². The number of hydrogen-bond donors (Lipinski definition) is 2. The van der Waals surface area contributed by atoms with Crippen LogP contribution in [0.1, 0.15) is 6.92 Å². The molecule has 0 atom stereocenters. The van der Waals surface area contributed by atoms with Gasteiger partial charge < -0.3 is 14.8 Å². The van der Waals surface area contributed by atoms with Crippen LogP contribution in [0, 0.1) is 0 Å². The van der Waals surface area contributed by atoms with Crippen LogP contribution >= 0.6 is 0 Å². The van der Waals surface area contributed by atoms with Crippen molar-refractivity contribution in [2.24, 2.45) is 0 Å². The first-order valence-corrected chi connectivity index (χ1v) is 7.05.